The molecule has 0 aliphatic heterocycles. The molecule has 2 aromatic carbocycles. The summed E-state index contributed by atoms with van der Waals surface area (Å²) in [4.78, 5) is 24.3. The molecule has 0 saturated heterocycles. The second-order valence-corrected chi connectivity index (χ2v) is 9.57. The monoisotopic (exact) mass is 449 g/mol. The lowest BCUT2D eigenvalue weighted by Gasteiger charge is -2.18. The van der Waals surface area contributed by atoms with Crippen LogP contribution in [0, 0.1) is 6.92 Å². The van der Waals surface area contributed by atoms with E-state index in [-0.39, 0.29) is 10.5 Å². The first-order chi connectivity index (χ1) is 14.2. The second kappa shape index (κ2) is 9.07. The Hall–Kier alpha value is -2.56. The number of hydrogen-bond acceptors (Lipinski definition) is 6. The molecule has 2 N–H and O–H groups in total. The van der Waals surface area contributed by atoms with E-state index >= 15 is 0 Å². The van der Waals surface area contributed by atoms with Crippen molar-refractivity contribution in [2.75, 3.05) is 17.3 Å². The summed E-state index contributed by atoms with van der Waals surface area (Å²) in [6.45, 7) is 1.94. The Labute approximate surface area is 178 Å². The number of aryl methyl sites for hydroxylation is 2. The maximum absolute atomic E-state index is 12.9. The number of benzene rings is 2. The fraction of sp³-hybridized carbons (Fsp3) is 0.300. The normalized spacial score (nSPS) is 12.8. The predicted molar refractivity (Wildman–Crippen MR) is 118 cm³/mol. The van der Waals surface area contributed by atoms with Crippen LogP contribution in [-0.4, -0.2) is 36.9 Å². The molecule has 160 valence electrons. The number of amides is 1. The first kappa shape index (κ1) is 22.1. The van der Waals surface area contributed by atoms with Gasteiger partial charge in [0.1, 0.15) is 6.04 Å². The van der Waals surface area contributed by atoms with Gasteiger partial charge in [0.05, 0.1) is 10.4 Å². The summed E-state index contributed by atoms with van der Waals surface area (Å²) in [6, 6.07) is 10.4. The molecule has 1 unspecified atom stereocenters. The summed E-state index contributed by atoms with van der Waals surface area (Å²) in [5, 5.41) is 2.75. The van der Waals surface area contributed by atoms with E-state index in [4.69, 9.17) is 4.42 Å². The molecule has 0 aliphatic carbocycles. The van der Waals surface area contributed by atoms with E-state index in [2.05, 4.69) is 10.0 Å². The molecule has 0 spiro atoms. The first-order valence-electron chi connectivity index (χ1n) is 9.19. The van der Waals surface area contributed by atoms with Gasteiger partial charge in [-0.25, -0.2) is 13.2 Å². The highest BCUT2D eigenvalue weighted by Crippen LogP contribution is 2.19. The molecule has 0 radical (unpaired) electrons. The maximum Gasteiger partial charge on any atom is 0.419 e. The molecule has 30 heavy (non-hydrogen) atoms. The topological polar surface area (TPSA) is 110 Å². The van der Waals surface area contributed by atoms with E-state index in [1.165, 1.54) is 41.6 Å². The van der Waals surface area contributed by atoms with Crippen LogP contribution >= 0.6 is 11.8 Å². The molecule has 10 heteroatoms. The van der Waals surface area contributed by atoms with Gasteiger partial charge in [0.25, 0.3) is 0 Å². The Balaban J connectivity index is 1.84. The Bertz CT molecular complexity index is 1210. The van der Waals surface area contributed by atoms with Crippen molar-refractivity contribution in [3.8, 4) is 0 Å². The summed E-state index contributed by atoms with van der Waals surface area (Å²) >= 11 is 1.52. The third kappa shape index (κ3) is 4.94. The van der Waals surface area contributed by atoms with Crippen molar-refractivity contribution >= 4 is 44.5 Å². The van der Waals surface area contributed by atoms with Crippen molar-refractivity contribution in [1.29, 1.82) is 0 Å². The number of oxazole rings is 1. The number of carbonyl (C=O) groups excluding carboxylic acids is 1. The van der Waals surface area contributed by atoms with Crippen LogP contribution in [-0.2, 0) is 21.9 Å². The van der Waals surface area contributed by atoms with Gasteiger partial charge in [0, 0.05) is 18.8 Å². The number of nitrogens with one attached hydrogen (secondary N) is 2. The third-order valence-electron chi connectivity index (χ3n) is 4.62. The number of anilines is 1. The van der Waals surface area contributed by atoms with E-state index in [1.54, 1.807) is 12.1 Å². The average molecular weight is 450 g/mol. The molecular formula is C20H23N3O5S2. The predicted octanol–water partition coefficient (Wildman–Crippen LogP) is 2.48. The van der Waals surface area contributed by atoms with Crippen molar-refractivity contribution in [3.63, 3.8) is 0 Å². The third-order valence-corrected chi connectivity index (χ3v) is 6.73. The lowest BCUT2D eigenvalue weighted by Crippen LogP contribution is -2.44. The highest BCUT2D eigenvalue weighted by Gasteiger charge is 2.26. The molecule has 1 amide bonds. The Morgan fingerprint density at radius 2 is 1.90 bits per heavy atom. The minimum atomic E-state index is -4.02. The van der Waals surface area contributed by atoms with Gasteiger partial charge in [-0.15, -0.1) is 0 Å². The Morgan fingerprint density at radius 1 is 1.20 bits per heavy atom. The van der Waals surface area contributed by atoms with Crippen molar-refractivity contribution < 1.29 is 17.6 Å². The number of thioether (sulfide) groups is 1. The number of rotatable bonds is 8. The fourth-order valence-corrected chi connectivity index (χ4v) is 4.60. The van der Waals surface area contributed by atoms with E-state index in [1.807, 2.05) is 25.3 Å². The highest BCUT2D eigenvalue weighted by atomic mass is 32.2. The van der Waals surface area contributed by atoms with E-state index in [0.29, 0.717) is 23.4 Å². The van der Waals surface area contributed by atoms with Crippen molar-refractivity contribution in [2.45, 2.75) is 24.3 Å². The van der Waals surface area contributed by atoms with Crippen molar-refractivity contribution in [1.82, 2.24) is 9.29 Å². The lowest BCUT2D eigenvalue weighted by molar-refractivity contribution is -0.117. The number of sulfonamides is 1. The van der Waals surface area contributed by atoms with Crippen LogP contribution in [0.25, 0.3) is 11.1 Å². The smallest absolute Gasteiger partial charge is 0.408 e. The Morgan fingerprint density at radius 3 is 2.57 bits per heavy atom. The number of hydrogen-bond donors (Lipinski definition) is 2. The largest absolute Gasteiger partial charge is 0.419 e. The molecule has 0 saturated carbocycles. The average Bonchev–Trinajstić information content (AvgIpc) is 3.00. The number of carbonyl (C=O) groups is 1. The number of fused-ring (bicyclic) bond motifs is 1. The van der Waals surface area contributed by atoms with Gasteiger partial charge in [-0.3, -0.25) is 9.36 Å². The zero-order valence-corrected chi connectivity index (χ0v) is 18.5. The summed E-state index contributed by atoms with van der Waals surface area (Å²) < 4.78 is 34.7. The quantitative estimate of drug-likeness (QED) is 0.547. The van der Waals surface area contributed by atoms with Crippen LogP contribution in [0.5, 0.6) is 0 Å². The van der Waals surface area contributed by atoms with Crippen LogP contribution in [0.3, 0.4) is 0 Å². The van der Waals surface area contributed by atoms with Gasteiger partial charge in [0.15, 0.2) is 5.58 Å². The molecule has 3 rings (SSSR count). The Kier molecular flexibility index (Phi) is 6.69. The SMILES string of the molecule is CSCCC(NS(=O)(=O)c1ccc2c(c1)oc(=O)n2C)C(=O)Nc1ccc(C)cc1. The fourth-order valence-electron chi connectivity index (χ4n) is 2.88. The molecule has 1 heterocycles. The van der Waals surface area contributed by atoms with Crippen LogP contribution in [0.2, 0.25) is 0 Å². The highest BCUT2D eigenvalue weighted by molar-refractivity contribution is 7.98. The first-order valence-corrected chi connectivity index (χ1v) is 12.1. The summed E-state index contributed by atoms with van der Waals surface area (Å²) in [6.07, 6.45) is 2.20. The van der Waals surface area contributed by atoms with Crippen LogP contribution in [0.4, 0.5) is 5.69 Å². The van der Waals surface area contributed by atoms with Gasteiger partial charge >= 0.3 is 5.76 Å². The van der Waals surface area contributed by atoms with Crippen LogP contribution < -0.4 is 15.8 Å². The van der Waals surface area contributed by atoms with Gasteiger partial charge < -0.3 is 9.73 Å². The molecule has 8 nitrogen and oxygen atoms in total. The molecule has 0 aliphatic rings. The van der Waals surface area contributed by atoms with Gasteiger partial charge in [0.2, 0.25) is 15.9 Å². The summed E-state index contributed by atoms with van der Waals surface area (Å²) in [7, 11) is -2.48. The number of aromatic nitrogens is 1. The number of nitrogens with zero attached hydrogens (tertiary/aromatic N) is 1. The van der Waals surface area contributed by atoms with E-state index in [0.717, 1.165) is 5.56 Å². The van der Waals surface area contributed by atoms with E-state index in [9.17, 15) is 18.0 Å². The minimum absolute atomic E-state index is 0.0818. The molecule has 0 fully saturated rings. The minimum Gasteiger partial charge on any atom is -0.408 e. The lowest BCUT2D eigenvalue weighted by atomic mass is 10.2. The van der Waals surface area contributed by atoms with Crippen LogP contribution in [0.15, 0.2) is 56.6 Å². The van der Waals surface area contributed by atoms with Crippen molar-refractivity contribution in [2.24, 2.45) is 7.05 Å². The zero-order valence-electron chi connectivity index (χ0n) is 16.8. The van der Waals surface area contributed by atoms with Gasteiger partial charge in [-0.05, 0) is 49.6 Å². The zero-order chi connectivity index (χ0) is 21.9. The molecule has 1 atom stereocenters. The second-order valence-electron chi connectivity index (χ2n) is 6.87. The molecule has 0 bridgehead atoms. The summed E-state index contributed by atoms with van der Waals surface area (Å²) in [5.74, 6) is -0.423. The van der Waals surface area contributed by atoms with Crippen LogP contribution in [0.1, 0.15) is 12.0 Å². The van der Waals surface area contributed by atoms with Gasteiger partial charge in [-0.1, -0.05) is 17.7 Å². The van der Waals surface area contributed by atoms with E-state index < -0.39 is 27.7 Å². The summed E-state index contributed by atoms with van der Waals surface area (Å²) in [5.41, 5.74) is 2.28. The standard InChI is InChI=1S/C20H23N3O5S2/c1-13-4-6-14(7-5-13)21-19(24)16(10-11-29-3)22-30(26,27)15-8-9-17-18(12-15)28-20(25)23(17)2/h4-9,12,16,22H,10-11H2,1-3H3,(H,21,24). The van der Waals surface area contributed by atoms with Gasteiger partial charge in [-0.2, -0.15) is 16.5 Å². The maximum atomic E-state index is 12.9. The van der Waals surface area contributed by atoms with Crippen molar-refractivity contribution in [3.05, 3.63) is 58.6 Å². The molecular weight excluding hydrogens is 426 g/mol. The molecule has 3 aromatic rings. The molecule has 1 aromatic heterocycles.